The predicted molar refractivity (Wildman–Crippen MR) is 84.0 cm³/mol. The summed E-state index contributed by atoms with van der Waals surface area (Å²) in [5.41, 5.74) is 0.497. The number of hydrogen-bond acceptors (Lipinski definition) is 3. The zero-order chi connectivity index (χ0) is 16.8. The van der Waals surface area contributed by atoms with E-state index in [-0.39, 0.29) is 17.7 Å². The number of allylic oxidation sites excluding steroid dienone is 2. The van der Waals surface area contributed by atoms with Gasteiger partial charge in [0, 0.05) is 12.0 Å². The van der Waals surface area contributed by atoms with E-state index < -0.39 is 29.5 Å². The molecule has 3 nitrogen and oxygen atoms in total. The zero-order valence-electron chi connectivity index (χ0n) is 13.0. The van der Waals surface area contributed by atoms with Gasteiger partial charge >= 0.3 is 5.97 Å². The predicted octanol–water partition coefficient (Wildman–Crippen LogP) is 4.19. The third kappa shape index (κ3) is 4.52. The number of halogens is 2. The molecule has 0 fully saturated rings. The van der Waals surface area contributed by atoms with Crippen molar-refractivity contribution in [3.05, 3.63) is 59.2 Å². The van der Waals surface area contributed by atoms with Crippen molar-refractivity contribution in [3.63, 3.8) is 0 Å². The van der Waals surface area contributed by atoms with Gasteiger partial charge in [-0.15, -0.1) is 0 Å². The maximum absolute atomic E-state index is 14.1. The van der Waals surface area contributed by atoms with E-state index in [0.717, 1.165) is 12.1 Å². The molecule has 5 heteroatoms. The van der Waals surface area contributed by atoms with Crippen LogP contribution in [0.4, 0.5) is 8.78 Å². The van der Waals surface area contributed by atoms with Gasteiger partial charge in [0.1, 0.15) is 6.10 Å². The minimum absolute atomic E-state index is 0.233. The van der Waals surface area contributed by atoms with Gasteiger partial charge in [-0.05, 0) is 43.7 Å². The van der Waals surface area contributed by atoms with Crippen molar-refractivity contribution in [1.29, 1.82) is 0 Å². The summed E-state index contributed by atoms with van der Waals surface area (Å²) in [5.74, 6) is -2.56. The van der Waals surface area contributed by atoms with Crippen molar-refractivity contribution in [2.45, 2.75) is 26.4 Å². The second-order valence-electron chi connectivity index (χ2n) is 5.07. The molecule has 0 amide bonds. The lowest BCUT2D eigenvalue weighted by atomic mass is 10.1. The van der Waals surface area contributed by atoms with Crippen LogP contribution in [0.15, 0.2) is 42.0 Å². The third-order valence-electron chi connectivity index (χ3n) is 3.21. The quantitative estimate of drug-likeness (QED) is 0.603. The Morgan fingerprint density at radius 1 is 1.30 bits per heavy atom. The number of esters is 1. The molecule has 0 heterocycles. The first-order chi connectivity index (χ1) is 11.0. The van der Waals surface area contributed by atoms with Crippen molar-refractivity contribution < 1.29 is 23.0 Å². The molecule has 2 rings (SSSR count). The highest BCUT2D eigenvalue weighted by molar-refractivity contribution is 5.93. The number of hydrogen-bond donors (Lipinski definition) is 0. The third-order valence-corrected chi connectivity index (χ3v) is 3.21. The lowest BCUT2D eigenvalue weighted by molar-refractivity contribution is -0.138. The topological polar surface area (TPSA) is 35.5 Å². The fourth-order valence-corrected chi connectivity index (χ4v) is 2.13. The minimum Gasteiger partial charge on any atom is -0.480 e. The zero-order valence-corrected chi connectivity index (χ0v) is 13.0. The fourth-order valence-electron chi connectivity index (χ4n) is 2.13. The van der Waals surface area contributed by atoms with Crippen LogP contribution in [0.3, 0.4) is 0 Å². The molecule has 1 aliphatic rings. The number of ether oxygens (including phenoxy) is 2. The van der Waals surface area contributed by atoms with Crippen molar-refractivity contribution in [2.24, 2.45) is 0 Å². The summed E-state index contributed by atoms with van der Waals surface area (Å²) in [5, 5.41) is 0. The molecule has 1 aliphatic carbocycles. The molecule has 122 valence electrons. The lowest BCUT2D eigenvalue weighted by Crippen LogP contribution is -2.15. The van der Waals surface area contributed by atoms with Crippen LogP contribution >= 0.6 is 0 Å². The van der Waals surface area contributed by atoms with Crippen LogP contribution in [0.1, 0.15) is 25.8 Å². The van der Waals surface area contributed by atoms with E-state index >= 15 is 0 Å². The van der Waals surface area contributed by atoms with E-state index in [0.29, 0.717) is 6.42 Å². The molecule has 0 bridgehead atoms. The molecule has 0 saturated heterocycles. The van der Waals surface area contributed by atoms with Gasteiger partial charge in [-0.25, -0.2) is 13.6 Å². The molecule has 1 aromatic carbocycles. The number of rotatable bonds is 5. The normalized spacial score (nSPS) is 17.2. The summed E-state index contributed by atoms with van der Waals surface area (Å²) in [6.07, 6.45) is 8.74. The molecule has 0 saturated carbocycles. The largest absolute Gasteiger partial charge is 0.480 e. The highest BCUT2D eigenvalue weighted by Crippen LogP contribution is 2.27. The average Bonchev–Trinajstić information content (AvgIpc) is 2.52. The van der Waals surface area contributed by atoms with Crippen molar-refractivity contribution >= 4 is 12.0 Å². The van der Waals surface area contributed by atoms with Crippen molar-refractivity contribution in [3.8, 4) is 5.75 Å². The highest BCUT2D eigenvalue weighted by atomic mass is 19.1. The molecule has 23 heavy (non-hydrogen) atoms. The van der Waals surface area contributed by atoms with E-state index in [1.54, 1.807) is 19.1 Å². The van der Waals surface area contributed by atoms with Gasteiger partial charge in [0.25, 0.3) is 0 Å². The molecular formula is C18H18F2O3. The van der Waals surface area contributed by atoms with Crippen LogP contribution in [-0.4, -0.2) is 18.7 Å². The Labute approximate surface area is 133 Å². The molecule has 0 spiro atoms. The van der Waals surface area contributed by atoms with Crippen LogP contribution in [0.25, 0.3) is 6.08 Å². The standard InChI is InChI=1S/C18H18F2O3/c1-3-22-18(21)12(2)9-13-10-15(19)17(16(20)11-13)23-14-7-5-4-6-8-14/h4-7,9-11,14H,3,8H2,1-2H3/b12-9+. The maximum atomic E-state index is 14.1. The number of carbonyl (C=O) groups excluding carboxylic acids is 1. The van der Waals surface area contributed by atoms with Crippen molar-refractivity contribution in [1.82, 2.24) is 0 Å². The van der Waals surface area contributed by atoms with Crippen LogP contribution in [0.5, 0.6) is 5.75 Å². The Kier molecular flexibility index (Phi) is 5.68. The Hall–Kier alpha value is -2.43. The fraction of sp³-hybridized carbons (Fsp3) is 0.278. The highest BCUT2D eigenvalue weighted by Gasteiger charge is 2.17. The molecule has 1 atom stereocenters. The van der Waals surface area contributed by atoms with Gasteiger partial charge in [0.05, 0.1) is 6.61 Å². The van der Waals surface area contributed by atoms with Gasteiger partial charge in [0.2, 0.25) is 0 Å². The minimum atomic E-state index is -0.809. The first-order valence-corrected chi connectivity index (χ1v) is 7.35. The second-order valence-corrected chi connectivity index (χ2v) is 5.07. The summed E-state index contributed by atoms with van der Waals surface area (Å²) in [6, 6.07) is 2.26. The van der Waals surface area contributed by atoms with Crippen LogP contribution in [0.2, 0.25) is 0 Å². The molecule has 1 aromatic rings. The summed E-state index contributed by atoms with van der Waals surface area (Å²) in [7, 11) is 0. The Bertz CT molecular complexity index is 652. The Morgan fingerprint density at radius 3 is 2.57 bits per heavy atom. The van der Waals surface area contributed by atoms with Crippen LogP contribution < -0.4 is 4.74 Å². The molecule has 0 aliphatic heterocycles. The molecule has 1 unspecified atom stereocenters. The number of benzene rings is 1. The summed E-state index contributed by atoms with van der Waals surface area (Å²) >= 11 is 0. The van der Waals surface area contributed by atoms with Crippen LogP contribution in [0, 0.1) is 11.6 Å². The lowest BCUT2D eigenvalue weighted by Gasteiger charge is -2.17. The van der Waals surface area contributed by atoms with Gasteiger partial charge in [0.15, 0.2) is 17.4 Å². The number of carbonyl (C=O) groups is 1. The monoisotopic (exact) mass is 320 g/mol. The molecular weight excluding hydrogens is 302 g/mol. The van der Waals surface area contributed by atoms with Crippen molar-refractivity contribution in [2.75, 3.05) is 6.61 Å². The van der Waals surface area contributed by atoms with E-state index in [1.165, 1.54) is 13.0 Å². The van der Waals surface area contributed by atoms with E-state index in [2.05, 4.69) is 0 Å². The van der Waals surface area contributed by atoms with Gasteiger partial charge < -0.3 is 9.47 Å². The first-order valence-electron chi connectivity index (χ1n) is 7.35. The Morgan fingerprint density at radius 2 is 2.00 bits per heavy atom. The van der Waals surface area contributed by atoms with Crippen LogP contribution in [-0.2, 0) is 9.53 Å². The SMILES string of the molecule is CCOC(=O)/C(C)=C/c1cc(F)c(OC2C=CC=CC2)c(F)c1. The average molecular weight is 320 g/mol. The van der Waals surface area contributed by atoms with E-state index in [9.17, 15) is 13.6 Å². The second kappa shape index (κ2) is 7.72. The van der Waals surface area contributed by atoms with E-state index in [1.807, 2.05) is 12.2 Å². The Balaban J connectivity index is 2.19. The summed E-state index contributed by atoms with van der Waals surface area (Å²) < 4.78 is 38.4. The van der Waals surface area contributed by atoms with E-state index in [4.69, 9.17) is 9.47 Å². The molecule has 0 N–H and O–H groups in total. The summed E-state index contributed by atoms with van der Waals surface area (Å²) in [4.78, 5) is 11.5. The van der Waals surface area contributed by atoms with Gasteiger partial charge in [-0.1, -0.05) is 18.2 Å². The summed E-state index contributed by atoms with van der Waals surface area (Å²) in [6.45, 7) is 3.45. The molecule has 0 aromatic heterocycles. The van der Waals surface area contributed by atoms with Gasteiger partial charge in [-0.2, -0.15) is 0 Å². The maximum Gasteiger partial charge on any atom is 0.333 e. The smallest absolute Gasteiger partial charge is 0.333 e. The van der Waals surface area contributed by atoms with Gasteiger partial charge in [-0.3, -0.25) is 0 Å². The first kappa shape index (κ1) is 16.9. The molecule has 0 radical (unpaired) electrons.